The molecule has 102 valence electrons. The molecule has 18 heavy (non-hydrogen) atoms. The third-order valence-corrected chi connectivity index (χ3v) is 3.17. The predicted molar refractivity (Wildman–Crippen MR) is 69.3 cm³/mol. The Morgan fingerprint density at radius 3 is 3.06 bits per heavy atom. The molecular formula is C12H23N5O. The molecule has 6 heteroatoms. The maximum atomic E-state index is 5.61. The fraction of sp³-hybridized carbons (Fsp3) is 0.833. The molecule has 0 aromatic carbocycles. The maximum Gasteiger partial charge on any atom is 0.0964 e. The van der Waals surface area contributed by atoms with Crippen molar-refractivity contribution in [3.05, 3.63) is 11.9 Å². The van der Waals surface area contributed by atoms with Crippen LogP contribution < -0.4 is 5.32 Å². The third kappa shape index (κ3) is 4.36. The Bertz CT molecular complexity index is 350. The number of hydrogen-bond donors (Lipinski definition) is 1. The second kappa shape index (κ2) is 6.82. The molecule has 0 saturated heterocycles. The Balaban J connectivity index is 1.53. The summed E-state index contributed by atoms with van der Waals surface area (Å²) < 4.78 is 7.44. The van der Waals surface area contributed by atoms with Crippen LogP contribution >= 0.6 is 0 Å². The second-order valence-electron chi connectivity index (χ2n) is 4.83. The Hall–Kier alpha value is -0.980. The van der Waals surface area contributed by atoms with Gasteiger partial charge in [-0.15, -0.1) is 5.10 Å². The van der Waals surface area contributed by atoms with E-state index in [4.69, 9.17) is 4.74 Å². The fourth-order valence-electron chi connectivity index (χ4n) is 1.88. The van der Waals surface area contributed by atoms with E-state index in [2.05, 4.69) is 27.6 Å². The first kappa shape index (κ1) is 13.5. The molecule has 1 saturated carbocycles. The topological polar surface area (TPSA) is 55.2 Å². The lowest BCUT2D eigenvalue weighted by molar-refractivity contribution is 0.101. The smallest absolute Gasteiger partial charge is 0.0964 e. The van der Waals surface area contributed by atoms with Gasteiger partial charge in [0.15, 0.2) is 0 Å². The van der Waals surface area contributed by atoms with Crippen LogP contribution in [0.5, 0.6) is 0 Å². The van der Waals surface area contributed by atoms with Crippen LogP contribution in [-0.4, -0.2) is 59.8 Å². The van der Waals surface area contributed by atoms with Gasteiger partial charge in [0.1, 0.15) is 0 Å². The van der Waals surface area contributed by atoms with Gasteiger partial charge in [-0.2, -0.15) is 0 Å². The second-order valence-corrected chi connectivity index (χ2v) is 4.83. The van der Waals surface area contributed by atoms with Gasteiger partial charge in [0.2, 0.25) is 0 Å². The summed E-state index contributed by atoms with van der Waals surface area (Å²) in [7, 11) is 4.07. The molecule has 0 radical (unpaired) electrons. The molecule has 0 spiro atoms. The minimum atomic E-state index is 0.695. The molecule has 1 aliphatic carbocycles. The first-order valence-corrected chi connectivity index (χ1v) is 6.61. The van der Waals surface area contributed by atoms with E-state index in [1.807, 2.05) is 17.9 Å². The molecule has 0 unspecified atom stereocenters. The first-order chi connectivity index (χ1) is 8.79. The number of rotatable bonds is 9. The van der Waals surface area contributed by atoms with Crippen molar-refractivity contribution in [3.63, 3.8) is 0 Å². The van der Waals surface area contributed by atoms with Gasteiger partial charge in [0.05, 0.1) is 25.5 Å². The van der Waals surface area contributed by atoms with E-state index < -0.39 is 0 Å². The van der Waals surface area contributed by atoms with Crippen LogP contribution in [0.15, 0.2) is 6.20 Å². The van der Waals surface area contributed by atoms with E-state index in [0.29, 0.717) is 6.61 Å². The molecule has 1 N–H and O–H groups in total. The number of hydrogen-bond acceptors (Lipinski definition) is 5. The van der Waals surface area contributed by atoms with Crippen molar-refractivity contribution in [2.45, 2.75) is 32.0 Å². The summed E-state index contributed by atoms with van der Waals surface area (Å²) in [6.07, 6.45) is 4.66. The van der Waals surface area contributed by atoms with Crippen LogP contribution in [0, 0.1) is 0 Å². The highest BCUT2D eigenvalue weighted by Gasteiger charge is 2.25. The minimum Gasteiger partial charge on any atom is -0.378 e. The van der Waals surface area contributed by atoms with Gasteiger partial charge >= 0.3 is 0 Å². The quantitative estimate of drug-likeness (QED) is 0.633. The lowest BCUT2D eigenvalue weighted by Crippen LogP contribution is -2.25. The van der Waals surface area contributed by atoms with Crippen molar-refractivity contribution in [3.8, 4) is 0 Å². The lowest BCUT2D eigenvalue weighted by atomic mass is 10.5. The number of ether oxygens (including phenoxy) is 1. The molecule has 1 fully saturated rings. The first-order valence-electron chi connectivity index (χ1n) is 6.61. The minimum absolute atomic E-state index is 0.695. The molecule has 2 rings (SSSR count). The Kier molecular flexibility index (Phi) is 5.10. The summed E-state index contributed by atoms with van der Waals surface area (Å²) in [6.45, 7) is 4.04. The van der Waals surface area contributed by atoms with Crippen LogP contribution in [0.1, 0.15) is 18.5 Å². The Labute approximate surface area is 108 Å². The zero-order valence-electron chi connectivity index (χ0n) is 11.3. The largest absolute Gasteiger partial charge is 0.378 e. The van der Waals surface area contributed by atoms with Crippen molar-refractivity contribution < 1.29 is 4.74 Å². The third-order valence-electron chi connectivity index (χ3n) is 3.17. The van der Waals surface area contributed by atoms with Crippen LogP contribution in [-0.2, 0) is 17.8 Å². The number of likely N-dealkylation sites (N-methyl/N-ethyl adjacent to an activating group) is 1. The van der Waals surface area contributed by atoms with Crippen LogP contribution in [0.2, 0.25) is 0 Å². The number of nitrogens with one attached hydrogen (secondary N) is 1. The average Bonchev–Trinajstić information content (AvgIpc) is 3.12. The van der Waals surface area contributed by atoms with E-state index in [-0.39, 0.29) is 0 Å². The van der Waals surface area contributed by atoms with Gasteiger partial charge in [-0.1, -0.05) is 5.21 Å². The zero-order valence-corrected chi connectivity index (χ0v) is 11.3. The van der Waals surface area contributed by atoms with Crippen molar-refractivity contribution in [1.82, 2.24) is 25.2 Å². The number of aromatic nitrogens is 3. The fourth-order valence-corrected chi connectivity index (χ4v) is 1.88. The Morgan fingerprint density at radius 1 is 1.50 bits per heavy atom. The molecular weight excluding hydrogens is 230 g/mol. The van der Waals surface area contributed by atoms with Gasteiger partial charge in [-0.25, -0.2) is 4.68 Å². The van der Waals surface area contributed by atoms with Crippen molar-refractivity contribution in [1.29, 1.82) is 0 Å². The lowest BCUT2D eigenvalue weighted by Gasteiger charge is -2.15. The van der Waals surface area contributed by atoms with Crippen molar-refractivity contribution in [2.75, 3.05) is 33.9 Å². The van der Waals surface area contributed by atoms with Crippen molar-refractivity contribution in [2.24, 2.45) is 0 Å². The highest BCUT2D eigenvalue weighted by molar-refractivity contribution is 4.90. The molecule has 0 bridgehead atoms. The highest BCUT2D eigenvalue weighted by Crippen LogP contribution is 2.24. The van der Waals surface area contributed by atoms with Gasteiger partial charge in [-0.3, -0.25) is 0 Å². The maximum absolute atomic E-state index is 5.61. The van der Waals surface area contributed by atoms with Gasteiger partial charge < -0.3 is 15.0 Å². The monoisotopic (exact) mass is 253 g/mol. The van der Waals surface area contributed by atoms with Crippen LogP contribution in [0.4, 0.5) is 0 Å². The molecule has 6 nitrogen and oxygen atoms in total. The predicted octanol–water partition coefficient (Wildman–Crippen LogP) is 0.108. The zero-order chi connectivity index (χ0) is 12.8. The van der Waals surface area contributed by atoms with E-state index in [1.165, 1.54) is 12.8 Å². The molecule has 1 heterocycles. The standard InChI is InChI=1S/C12H23N5O/c1-13-9-11-10-17(15-14-11)6-8-18-7-5-16(2)12-3-4-12/h10,12-13H,3-9H2,1-2H3. The summed E-state index contributed by atoms with van der Waals surface area (Å²) in [5.41, 5.74) is 0.964. The summed E-state index contributed by atoms with van der Waals surface area (Å²) in [5.74, 6) is 0. The van der Waals surface area contributed by atoms with E-state index >= 15 is 0 Å². The average molecular weight is 253 g/mol. The molecule has 0 amide bonds. The molecule has 1 aromatic rings. The molecule has 0 atom stereocenters. The van der Waals surface area contributed by atoms with Crippen LogP contribution in [0.25, 0.3) is 0 Å². The van der Waals surface area contributed by atoms with Crippen molar-refractivity contribution >= 4 is 0 Å². The van der Waals surface area contributed by atoms with Gasteiger partial charge in [0.25, 0.3) is 0 Å². The van der Waals surface area contributed by atoms with E-state index in [0.717, 1.165) is 38.0 Å². The summed E-state index contributed by atoms with van der Waals surface area (Å²) in [5, 5.41) is 11.1. The Morgan fingerprint density at radius 2 is 2.33 bits per heavy atom. The summed E-state index contributed by atoms with van der Waals surface area (Å²) in [6, 6.07) is 0.813. The van der Waals surface area contributed by atoms with Crippen LogP contribution in [0.3, 0.4) is 0 Å². The van der Waals surface area contributed by atoms with E-state index in [1.54, 1.807) is 0 Å². The summed E-state index contributed by atoms with van der Waals surface area (Å²) >= 11 is 0. The molecule has 1 aromatic heterocycles. The summed E-state index contributed by atoms with van der Waals surface area (Å²) in [4.78, 5) is 2.38. The number of nitrogens with zero attached hydrogens (tertiary/aromatic N) is 4. The van der Waals surface area contributed by atoms with Gasteiger partial charge in [-0.05, 0) is 26.9 Å². The molecule has 1 aliphatic rings. The SMILES string of the molecule is CNCc1cn(CCOCCN(C)C2CC2)nn1. The normalized spacial score (nSPS) is 15.5. The van der Waals surface area contributed by atoms with E-state index in [9.17, 15) is 0 Å². The molecule has 0 aliphatic heterocycles. The highest BCUT2D eigenvalue weighted by atomic mass is 16.5. The van der Waals surface area contributed by atoms with Gasteiger partial charge in [0, 0.05) is 25.3 Å².